The monoisotopic (exact) mass is 1270 g/mol. The summed E-state index contributed by atoms with van der Waals surface area (Å²) in [5.74, 6) is 0. The van der Waals surface area contributed by atoms with Crippen molar-refractivity contribution < 1.29 is 18.6 Å². The zero-order valence-electron chi connectivity index (χ0n) is 56.3. The summed E-state index contributed by atoms with van der Waals surface area (Å²) in [4.78, 5) is 0. The highest BCUT2D eigenvalue weighted by atomic mass is 79.9. The Morgan fingerprint density at radius 1 is 0.298 bits per heavy atom. The van der Waals surface area contributed by atoms with E-state index >= 15 is 0 Å². The second kappa shape index (κ2) is 29.6. The normalized spacial score (nSPS) is 19.5. The predicted octanol–water partition coefficient (Wildman–Crippen LogP) is 22.9. The zero-order valence-corrected chi connectivity index (χ0v) is 59.4. The van der Waals surface area contributed by atoms with Gasteiger partial charge in [-0.15, -0.1) is 0 Å². The molecule has 0 bridgehead atoms. The largest absolute Gasteiger partial charge is 0.494 e. The molecule has 4 aromatic rings. The van der Waals surface area contributed by atoms with Crippen molar-refractivity contribution in [1.82, 2.24) is 0 Å². The van der Waals surface area contributed by atoms with Gasteiger partial charge in [0.2, 0.25) is 0 Å². The summed E-state index contributed by atoms with van der Waals surface area (Å²) in [7, 11) is -0.749. The SMILES string of the molecule is CCCCCCCCC1(CCCCCCCC)c2cc(B3OC(C)(C)C(C)(C)O3)ccc2-c2ccc(B3OC(C)(C)C(C)(C)O3)cc2C1(C)C.CCCCCCCCC1(CCCCCCCC)c2cc(Br)ccc2-c2ccc(Br)cc2C1(C)C. The van der Waals surface area contributed by atoms with E-state index in [1.54, 1.807) is 5.56 Å². The molecule has 84 heavy (non-hydrogen) atoms. The minimum Gasteiger partial charge on any atom is -0.399 e. The first-order chi connectivity index (χ1) is 39.8. The third kappa shape index (κ3) is 15.0. The average Bonchev–Trinajstić information content (AvgIpc) is 0.953. The minimum atomic E-state index is -0.378. The summed E-state index contributed by atoms with van der Waals surface area (Å²) in [6, 6.07) is 28.2. The summed E-state index contributed by atoms with van der Waals surface area (Å²) >= 11 is 7.64. The van der Waals surface area contributed by atoms with Crippen LogP contribution in [0.4, 0.5) is 0 Å². The van der Waals surface area contributed by atoms with E-state index in [0.717, 1.165) is 10.9 Å². The standard InChI is InChI=1S/C44H70B2O4.C32H46Br2/c1-13-15-17-19-21-23-29-44(30-24-22-20-18-16-14-2)38-32-34(46-49-42(9,10)43(11,12)50-46)26-28-36(38)35-27-25-33(31-37(35)39(44,3)4)45-47-40(5,6)41(7,8)48-45;1-5-7-9-11-13-15-21-32(22-16-14-12-10-8-6-2)30-24-26(34)18-20-28(30)27-19-17-25(33)23-29(27)31(32,3)4/h25-28,31-32H,13-24,29-30H2,1-12H3;17-20,23-24H,5-16,21-22H2,1-4H3. The lowest BCUT2D eigenvalue weighted by Gasteiger charge is -2.53. The topological polar surface area (TPSA) is 36.9 Å². The molecule has 0 spiro atoms. The Bertz CT molecular complexity index is 2670. The van der Waals surface area contributed by atoms with Crippen molar-refractivity contribution in [1.29, 1.82) is 0 Å². The lowest BCUT2D eigenvalue weighted by atomic mass is 9.49. The fourth-order valence-electron chi connectivity index (χ4n) is 15.2. The molecule has 2 aliphatic carbocycles. The maximum absolute atomic E-state index is 6.66. The Morgan fingerprint density at radius 3 is 0.857 bits per heavy atom. The van der Waals surface area contributed by atoms with Crippen LogP contribution in [0.1, 0.15) is 313 Å². The third-order valence-electron chi connectivity index (χ3n) is 22.3. The van der Waals surface area contributed by atoms with Gasteiger partial charge in [0.1, 0.15) is 0 Å². The van der Waals surface area contributed by atoms with Crippen LogP contribution < -0.4 is 10.9 Å². The molecule has 2 fully saturated rings. The molecule has 2 aliphatic heterocycles. The Labute approximate surface area is 533 Å². The van der Waals surface area contributed by atoms with Crippen molar-refractivity contribution in [2.75, 3.05) is 0 Å². The first-order valence-electron chi connectivity index (χ1n) is 34.4. The number of benzene rings is 4. The Kier molecular flexibility index (Phi) is 24.4. The molecule has 0 N–H and O–H groups in total. The highest BCUT2D eigenvalue weighted by molar-refractivity contribution is 9.10. The quantitative estimate of drug-likeness (QED) is 0.0385. The Morgan fingerprint density at radius 2 is 0.536 bits per heavy atom. The maximum atomic E-state index is 6.66. The van der Waals surface area contributed by atoms with Crippen LogP contribution in [0.25, 0.3) is 22.3 Å². The molecule has 0 amide bonds. The molecule has 4 aliphatic rings. The van der Waals surface area contributed by atoms with Crippen LogP contribution in [-0.4, -0.2) is 36.6 Å². The van der Waals surface area contributed by atoms with Crippen LogP contribution in [0.5, 0.6) is 0 Å². The van der Waals surface area contributed by atoms with Gasteiger partial charge in [-0.25, -0.2) is 0 Å². The van der Waals surface area contributed by atoms with Gasteiger partial charge in [0.25, 0.3) is 0 Å². The Hall–Kier alpha value is -2.19. The molecule has 8 heteroatoms. The highest BCUT2D eigenvalue weighted by Gasteiger charge is 2.57. The molecule has 0 unspecified atom stereocenters. The molecule has 2 heterocycles. The van der Waals surface area contributed by atoms with Gasteiger partial charge in [0.15, 0.2) is 0 Å². The van der Waals surface area contributed by atoms with Gasteiger partial charge >= 0.3 is 14.2 Å². The van der Waals surface area contributed by atoms with E-state index in [2.05, 4.69) is 215 Å². The molecule has 4 nitrogen and oxygen atoms in total. The number of hydrogen-bond acceptors (Lipinski definition) is 4. The number of unbranched alkanes of at least 4 members (excludes halogenated alkanes) is 20. The fraction of sp³-hybridized carbons (Fsp3) is 0.684. The van der Waals surface area contributed by atoms with Gasteiger partial charge < -0.3 is 18.6 Å². The maximum Gasteiger partial charge on any atom is 0.494 e. The second-order valence-electron chi connectivity index (χ2n) is 29.7. The highest BCUT2D eigenvalue weighted by Crippen LogP contribution is 2.61. The molecule has 464 valence electrons. The lowest BCUT2D eigenvalue weighted by Crippen LogP contribution is -2.50. The zero-order chi connectivity index (χ0) is 61.2. The van der Waals surface area contributed by atoms with Gasteiger partial charge in [0.05, 0.1) is 22.4 Å². The van der Waals surface area contributed by atoms with E-state index in [0.29, 0.717) is 0 Å². The lowest BCUT2D eigenvalue weighted by molar-refractivity contribution is 0.00578. The van der Waals surface area contributed by atoms with Crippen molar-refractivity contribution in [2.45, 2.75) is 335 Å². The van der Waals surface area contributed by atoms with Crippen molar-refractivity contribution in [3.05, 3.63) is 104 Å². The minimum absolute atomic E-state index is 0.0287. The second-order valence-corrected chi connectivity index (χ2v) is 31.5. The van der Waals surface area contributed by atoms with Crippen LogP contribution in [0, 0.1) is 0 Å². The van der Waals surface area contributed by atoms with Gasteiger partial charge in [0, 0.05) is 25.2 Å². The summed E-state index contributed by atoms with van der Waals surface area (Å²) < 4.78 is 29.0. The van der Waals surface area contributed by atoms with Crippen molar-refractivity contribution >= 4 is 57.0 Å². The van der Waals surface area contributed by atoms with Crippen LogP contribution in [-0.2, 0) is 40.3 Å². The Balaban J connectivity index is 0.000000260. The average molecular weight is 1280 g/mol. The number of rotatable bonds is 30. The van der Waals surface area contributed by atoms with Crippen LogP contribution in [0.2, 0.25) is 0 Å². The summed E-state index contributed by atoms with van der Waals surface area (Å²) in [6.45, 7) is 36.6. The predicted molar refractivity (Wildman–Crippen MR) is 372 cm³/mol. The van der Waals surface area contributed by atoms with Crippen molar-refractivity contribution in [3.63, 3.8) is 0 Å². The summed E-state index contributed by atoms with van der Waals surface area (Å²) in [5.41, 5.74) is 12.5. The van der Waals surface area contributed by atoms with Gasteiger partial charge in [-0.3, -0.25) is 0 Å². The van der Waals surface area contributed by atoms with Gasteiger partial charge in [-0.05, 0) is 166 Å². The van der Waals surface area contributed by atoms with Crippen LogP contribution >= 0.6 is 31.9 Å². The number of hydrogen-bond donors (Lipinski definition) is 0. The number of halogens is 2. The molecule has 0 saturated carbocycles. The van der Waals surface area contributed by atoms with E-state index in [1.807, 2.05) is 0 Å². The number of fused-ring (bicyclic) bond motifs is 6. The third-order valence-corrected chi connectivity index (χ3v) is 23.3. The first-order valence-corrected chi connectivity index (χ1v) is 36.0. The summed E-state index contributed by atoms with van der Waals surface area (Å²) in [6.07, 6.45) is 36.9. The van der Waals surface area contributed by atoms with Crippen molar-refractivity contribution in [2.24, 2.45) is 0 Å². The molecule has 0 radical (unpaired) electrons. The first kappa shape index (κ1) is 69.3. The van der Waals surface area contributed by atoms with E-state index in [9.17, 15) is 0 Å². The van der Waals surface area contributed by atoms with Crippen LogP contribution in [0.3, 0.4) is 0 Å². The molecule has 0 aromatic heterocycles. The molecule has 4 aromatic carbocycles. The molecule has 2 saturated heterocycles. The molecular weight excluding hydrogens is 1160 g/mol. The van der Waals surface area contributed by atoms with E-state index < -0.39 is 0 Å². The van der Waals surface area contributed by atoms with E-state index in [4.69, 9.17) is 18.6 Å². The molecule has 0 atom stereocenters. The fourth-order valence-corrected chi connectivity index (χ4v) is 16.0. The van der Waals surface area contributed by atoms with Crippen molar-refractivity contribution in [3.8, 4) is 22.3 Å². The van der Waals surface area contributed by atoms with Crippen LogP contribution in [0.15, 0.2) is 81.7 Å². The molecule has 8 rings (SSSR count). The van der Waals surface area contributed by atoms with E-state index in [-0.39, 0.29) is 58.3 Å². The summed E-state index contributed by atoms with van der Waals surface area (Å²) in [5, 5.41) is 0. The molecular formula is C76H116B2Br2O4. The van der Waals surface area contributed by atoms with Gasteiger partial charge in [-0.1, -0.05) is 290 Å². The van der Waals surface area contributed by atoms with E-state index in [1.165, 1.54) is 228 Å². The smallest absolute Gasteiger partial charge is 0.399 e. The van der Waals surface area contributed by atoms with Gasteiger partial charge in [-0.2, -0.15) is 0 Å².